The predicted octanol–water partition coefficient (Wildman–Crippen LogP) is 2.76. The highest BCUT2D eigenvalue weighted by Gasteiger charge is 2.31. The lowest BCUT2D eigenvalue weighted by Gasteiger charge is -2.31. The first-order valence-electron chi connectivity index (χ1n) is 6.57. The molecular weight excluding hydrogens is 253 g/mol. The van der Waals surface area contributed by atoms with Gasteiger partial charge in [0, 0.05) is 25.6 Å². The second-order valence-electron chi connectivity index (χ2n) is 4.97. The molecule has 0 radical (unpaired) electrons. The van der Waals surface area contributed by atoms with E-state index in [-0.39, 0.29) is 5.92 Å². The molecule has 0 aromatic heterocycles. The van der Waals surface area contributed by atoms with Gasteiger partial charge in [-0.2, -0.15) is 13.2 Å². The largest absolute Gasteiger partial charge is 0.401 e. The summed E-state index contributed by atoms with van der Waals surface area (Å²) < 4.78 is 37.5. The SMILES string of the molecule is CCN(CC1CNCc2ccccc21)CC(F)(F)F. The van der Waals surface area contributed by atoms with Crippen LogP contribution in [0.3, 0.4) is 0 Å². The highest BCUT2D eigenvalue weighted by molar-refractivity contribution is 5.32. The fourth-order valence-corrected chi connectivity index (χ4v) is 2.62. The Hall–Kier alpha value is -1.07. The molecule has 0 fully saturated rings. The third-order valence-corrected chi connectivity index (χ3v) is 3.53. The summed E-state index contributed by atoms with van der Waals surface area (Å²) in [5.74, 6) is 0.132. The van der Waals surface area contributed by atoms with Crippen LogP contribution < -0.4 is 5.32 Å². The van der Waals surface area contributed by atoms with E-state index in [0.29, 0.717) is 13.1 Å². The van der Waals surface area contributed by atoms with Gasteiger partial charge in [0.15, 0.2) is 0 Å². The van der Waals surface area contributed by atoms with Gasteiger partial charge in [0.1, 0.15) is 0 Å². The Morgan fingerprint density at radius 2 is 2.05 bits per heavy atom. The van der Waals surface area contributed by atoms with Gasteiger partial charge in [-0.3, -0.25) is 4.90 Å². The molecule has 0 amide bonds. The van der Waals surface area contributed by atoms with E-state index in [1.54, 1.807) is 6.92 Å². The molecule has 0 saturated heterocycles. The van der Waals surface area contributed by atoms with Crippen molar-refractivity contribution in [3.63, 3.8) is 0 Å². The van der Waals surface area contributed by atoms with Crippen molar-refractivity contribution in [3.05, 3.63) is 35.4 Å². The topological polar surface area (TPSA) is 15.3 Å². The zero-order valence-electron chi connectivity index (χ0n) is 11.0. The Morgan fingerprint density at radius 1 is 1.32 bits per heavy atom. The van der Waals surface area contributed by atoms with Crippen LogP contribution in [0.25, 0.3) is 0 Å². The van der Waals surface area contributed by atoms with Crippen molar-refractivity contribution in [3.8, 4) is 0 Å². The van der Waals surface area contributed by atoms with E-state index in [0.717, 1.165) is 13.1 Å². The number of alkyl halides is 3. The van der Waals surface area contributed by atoms with Crippen LogP contribution in [0.15, 0.2) is 24.3 Å². The minimum atomic E-state index is -4.13. The standard InChI is InChI=1S/C14H19F3N2/c1-2-19(10-14(15,16)17)9-12-8-18-7-11-5-3-4-6-13(11)12/h3-6,12,18H,2,7-10H2,1H3. The number of rotatable bonds is 4. The normalized spacial score (nSPS) is 19.5. The molecular formula is C14H19F3N2. The number of nitrogens with zero attached hydrogens (tertiary/aromatic N) is 1. The van der Waals surface area contributed by atoms with Crippen molar-refractivity contribution in [2.45, 2.75) is 25.6 Å². The first kappa shape index (κ1) is 14.3. The van der Waals surface area contributed by atoms with E-state index in [9.17, 15) is 13.2 Å². The smallest absolute Gasteiger partial charge is 0.312 e. The van der Waals surface area contributed by atoms with Gasteiger partial charge in [-0.15, -0.1) is 0 Å². The number of benzene rings is 1. The zero-order chi connectivity index (χ0) is 13.9. The minimum absolute atomic E-state index is 0.132. The first-order chi connectivity index (χ1) is 8.99. The van der Waals surface area contributed by atoms with Crippen molar-refractivity contribution < 1.29 is 13.2 Å². The Kier molecular flexibility index (Phi) is 4.47. The molecule has 5 heteroatoms. The van der Waals surface area contributed by atoms with Crippen molar-refractivity contribution >= 4 is 0 Å². The van der Waals surface area contributed by atoms with E-state index in [1.165, 1.54) is 16.0 Å². The Morgan fingerprint density at radius 3 is 2.74 bits per heavy atom. The summed E-state index contributed by atoms with van der Waals surface area (Å²) >= 11 is 0. The lowest BCUT2D eigenvalue weighted by molar-refractivity contribution is -0.146. The van der Waals surface area contributed by atoms with Gasteiger partial charge in [-0.25, -0.2) is 0 Å². The molecule has 0 saturated carbocycles. The molecule has 1 aliphatic heterocycles. The average molecular weight is 272 g/mol. The van der Waals surface area contributed by atoms with E-state index in [2.05, 4.69) is 5.32 Å². The maximum atomic E-state index is 12.5. The Labute approximate surface area is 111 Å². The minimum Gasteiger partial charge on any atom is -0.312 e. The highest BCUT2D eigenvalue weighted by atomic mass is 19.4. The summed E-state index contributed by atoms with van der Waals surface area (Å²) in [4.78, 5) is 1.47. The van der Waals surface area contributed by atoms with Crippen LogP contribution in [-0.2, 0) is 6.54 Å². The summed E-state index contributed by atoms with van der Waals surface area (Å²) in [5.41, 5.74) is 2.38. The third-order valence-electron chi connectivity index (χ3n) is 3.53. The maximum Gasteiger partial charge on any atom is 0.401 e. The van der Waals surface area contributed by atoms with Crippen LogP contribution in [0.4, 0.5) is 13.2 Å². The lowest BCUT2D eigenvalue weighted by atomic mass is 9.90. The first-order valence-corrected chi connectivity index (χ1v) is 6.57. The molecule has 0 bridgehead atoms. The molecule has 0 spiro atoms. The molecule has 1 aliphatic rings. The number of hydrogen-bond donors (Lipinski definition) is 1. The van der Waals surface area contributed by atoms with Crippen LogP contribution in [0, 0.1) is 0 Å². The number of nitrogens with one attached hydrogen (secondary N) is 1. The molecule has 2 rings (SSSR count). The summed E-state index contributed by atoms with van der Waals surface area (Å²) in [7, 11) is 0. The lowest BCUT2D eigenvalue weighted by Crippen LogP contribution is -2.40. The van der Waals surface area contributed by atoms with Gasteiger partial charge in [-0.1, -0.05) is 31.2 Å². The molecule has 106 valence electrons. The van der Waals surface area contributed by atoms with Crippen molar-refractivity contribution in [1.82, 2.24) is 10.2 Å². The number of hydrogen-bond acceptors (Lipinski definition) is 2. The molecule has 2 nitrogen and oxygen atoms in total. The highest BCUT2D eigenvalue weighted by Crippen LogP contribution is 2.26. The van der Waals surface area contributed by atoms with Gasteiger partial charge in [0.2, 0.25) is 0 Å². The second-order valence-corrected chi connectivity index (χ2v) is 4.97. The number of likely N-dealkylation sites (N-methyl/N-ethyl adjacent to an activating group) is 1. The fraction of sp³-hybridized carbons (Fsp3) is 0.571. The van der Waals surface area contributed by atoms with Gasteiger partial charge in [0.05, 0.1) is 6.54 Å². The Balaban J connectivity index is 2.07. The molecule has 1 aromatic carbocycles. The number of halogens is 3. The van der Waals surface area contributed by atoms with Crippen LogP contribution >= 0.6 is 0 Å². The van der Waals surface area contributed by atoms with Crippen molar-refractivity contribution in [2.75, 3.05) is 26.2 Å². The monoisotopic (exact) mass is 272 g/mol. The molecule has 19 heavy (non-hydrogen) atoms. The third kappa shape index (κ3) is 3.94. The molecule has 1 unspecified atom stereocenters. The predicted molar refractivity (Wildman–Crippen MR) is 69.1 cm³/mol. The van der Waals surface area contributed by atoms with E-state index >= 15 is 0 Å². The average Bonchev–Trinajstić information content (AvgIpc) is 2.37. The van der Waals surface area contributed by atoms with Gasteiger partial charge in [-0.05, 0) is 17.7 Å². The van der Waals surface area contributed by atoms with Crippen molar-refractivity contribution in [2.24, 2.45) is 0 Å². The second kappa shape index (κ2) is 5.92. The number of fused-ring (bicyclic) bond motifs is 1. The van der Waals surface area contributed by atoms with Crippen LogP contribution in [0.2, 0.25) is 0 Å². The maximum absolute atomic E-state index is 12.5. The molecule has 1 N–H and O–H groups in total. The van der Waals surface area contributed by atoms with E-state index in [4.69, 9.17) is 0 Å². The zero-order valence-corrected chi connectivity index (χ0v) is 11.0. The molecule has 1 atom stereocenters. The summed E-state index contributed by atoms with van der Waals surface area (Å²) in [6.07, 6.45) is -4.13. The fourth-order valence-electron chi connectivity index (χ4n) is 2.62. The molecule has 1 heterocycles. The quantitative estimate of drug-likeness (QED) is 0.906. The van der Waals surface area contributed by atoms with Gasteiger partial charge in [0.25, 0.3) is 0 Å². The molecule has 0 aliphatic carbocycles. The van der Waals surface area contributed by atoms with Gasteiger partial charge >= 0.3 is 6.18 Å². The van der Waals surface area contributed by atoms with Crippen LogP contribution in [-0.4, -0.2) is 37.3 Å². The van der Waals surface area contributed by atoms with Crippen molar-refractivity contribution in [1.29, 1.82) is 0 Å². The van der Waals surface area contributed by atoms with E-state index < -0.39 is 12.7 Å². The Bertz CT molecular complexity index is 417. The summed E-state index contributed by atoms with van der Waals surface area (Å²) in [6, 6.07) is 7.99. The summed E-state index contributed by atoms with van der Waals surface area (Å²) in [6.45, 7) is 3.34. The summed E-state index contributed by atoms with van der Waals surface area (Å²) in [5, 5.41) is 3.28. The molecule has 1 aromatic rings. The van der Waals surface area contributed by atoms with E-state index in [1.807, 2.05) is 24.3 Å². The van der Waals surface area contributed by atoms with Gasteiger partial charge < -0.3 is 5.32 Å². The van der Waals surface area contributed by atoms with Crippen LogP contribution in [0.1, 0.15) is 24.0 Å². The van der Waals surface area contributed by atoms with Crippen LogP contribution in [0.5, 0.6) is 0 Å².